The summed E-state index contributed by atoms with van der Waals surface area (Å²) in [5.41, 5.74) is 8.66. The van der Waals surface area contributed by atoms with Crippen molar-refractivity contribution < 1.29 is 18.7 Å². The summed E-state index contributed by atoms with van der Waals surface area (Å²) in [5, 5.41) is 7.11. The van der Waals surface area contributed by atoms with Gasteiger partial charge in [0.25, 0.3) is 0 Å². The highest BCUT2D eigenvalue weighted by atomic mass is 19.1. The molecule has 4 N–H and O–H groups in total. The van der Waals surface area contributed by atoms with Crippen LogP contribution in [0, 0.1) is 18.7 Å². The number of nitrogen functional groups attached to an aromatic ring is 1. The summed E-state index contributed by atoms with van der Waals surface area (Å²) < 4.78 is 26.7. The Morgan fingerprint density at radius 2 is 2.09 bits per heavy atom. The Kier molecular flexibility index (Phi) is 6.32. The van der Waals surface area contributed by atoms with E-state index in [0.717, 1.165) is 36.9 Å². The zero-order valence-corrected chi connectivity index (χ0v) is 20.0. The number of fused-ring (bicyclic) bond motifs is 2. The third-order valence-electron chi connectivity index (χ3n) is 7.09. The molecule has 5 rings (SSSR count). The van der Waals surface area contributed by atoms with Crippen LogP contribution in [0.25, 0.3) is 21.9 Å². The van der Waals surface area contributed by atoms with Gasteiger partial charge in [0.05, 0.1) is 5.69 Å². The Morgan fingerprint density at radius 3 is 2.91 bits per heavy atom. The highest BCUT2D eigenvalue weighted by Crippen LogP contribution is 2.39. The minimum absolute atomic E-state index is 0.00607. The number of hydrogen-bond donors (Lipinski definition) is 3. The SMILES string of the molecule is CC[C@H]1CCCC[C@@H]1OC(=O)Nc1cc2cc(-c3cnc4c(c3C)NCCO4)c(F)c(N)c2cn1. The first-order valence-corrected chi connectivity index (χ1v) is 12.2. The molecule has 0 radical (unpaired) electrons. The van der Waals surface area contributed by atoms with E-state index in [0.29, 0.717) is 52.7 Å². The average Bonchev–Trinajstić information content (AvgIpc) is 2.87. The van der Waals surface area contributed by atoms with Crippen molar-refractivity contribution in [1.29, 1.82) is 0 Å². The lowest BCUT2D eigenvalue weighted by Crippen LogP contribution is -2.31. The maximum Gasteiger partial charge on any atom is 0.413 e. The molecule has 1 amide bonds. The van der Waals surface area contributed by atoms with E-state index in [4.69, 9.17) is 15.2 Å². The van der Waals surface area contributed by atoms with Crippen molar-refractivity contribution in [2.24, 2.45) is 5.92 Å². The molecule has 184 valence electrons. The zero-order chi connectivity index (χ0) is 24.5. The summed E-state index contributed by atoms with van der Waals surface area (Å²) in [5.74, 6) is 0.671. The zero-order valence-electron chi connectivity index (χ0n) is 20.0. The van der Waals surface area contributed by atoms with Gasteiger partial charge in [0.15, 0.2) is 5.82 Å². The van der Waals surface area contributed by atoms with E-state index >= 15 is 4.39 Å². The van der Waals surface area contributed by atoms with Crippen molar-refractivity contribution in [3.8, 4) is 17.0 Å². The van der Waals surface area contributed by atoms with Gasteiger partial charge in [-0.3, -0.25) is 5.32 Å². The van der Waals surface area contributed by atoms with Crippen LogP contribution in [0.15, 0.2) is 24.5 Å². The van der Waals surface area contributed by atoms with E-state index in [-0.39, 0.29) is 11.8 Å². The van der Waals surface area contributed by atoms with Crippen LogP contribution in [0.3, 0.4) is 0 Å². The number of anilines is 3. The predicted octanol–water partition coefficient (Wildman–Crippen LogP) is 5.65. The number of amides is 1. The molecule has 8 nitrogen and oxygen atoms in total. The van der Waals surface area contributed by atoms with E-state index < -0.39 is 11.9 Å². The monoisotopic (exact) mass is 479 g/mol. The van der Waals surface area contributed by atoms with Crippen molar-refractivity contribution in [2.45, 2.75) is 52.1 Å². The molecule has 1 fully saturated rings. The van der Waals surface area contributed by atoms with Gasteiger partial charge < -0.3 is 20.5 Å². The fourth-order valence-electron chi connectivity index (χ4n) is 5.12. The van der Waals surface area contributed by atoms with Gasteiger partial charge in [0.2, 0.25) is 5.88 Å². The van der Waals surface area contributed by atoms with Crippen LogP contribution in [-0.4, -0.2) is 35.3 Å². The molecule has 1 aromatic carbocycles. The molecule has 3 heterocycles. The number of carbonyl (C=O) groups excluding carboxylic acids is 1. The Morgan fingerprint density at radius 1 is 1.26 bits per heavy atom. The number of nitrogens with two attached hydrogens (primary N) is 1. The number of benzene rings is 1. The van der Waals surface area contributed by atoms with Gasteiger partial charge in [0, 0.05) is 35.5 Å². The second-order valence-corrected chi connectivity index (χ2v) is 9.22. The molecule has 0 bridgehead atoms. The molecule has 0 saturated heterocycles. The molecule has 1 saturated carbocycles. The molecule has 2 aromatic heterocycles. The number of carbonyl (C=O) groups is 1. The number of nitrogens with zero attached hydrogens (tertiary/aromatic N) is 2. The van der Waals surface area contributed by atoms with Crippen LogP contribution in [0.2, 0.25) is 0 Å². The highest BCUT2D eigenvalue weighted by molar-refractivity contribution is 5.99. The molecule has 9 heteroatoms. The lowest BCUT2D eigenvalue weighted by atomic mass is 9.85. The maximum atomic E-state index is 15.3. The van der Waals surface area contributed by atoms with E-state index in [1.54, 1.807) is 18.3 Å². The Balaban J connectivity index is 1.44. The van der Waals surface area contributed by atoms with Crippen molar-refractivity contribution in [2.75, 3.05) is 29.5 Å². The second kappa shape index (κ2) is 9.56. The molecule has 2 atom stereocenters. The lowest BCUT2D eigenvalue weighted by molar-refractivity contribution is 0.0443. The third-order valence-corrected chi connectivity index (χ3v) is 7.09. The molecule has 0 spiro atoms. The fourth-order valence-corrected chi connectivity index (χ4v) is 5.12. The average molecular weight is 480 g/mol. The van der Waals surface area contributed by atoms with Crippen molar-refractivity contribution in [3.05, 3.63) is 35.9 Å². The van der Waals surface area contributed by atoms with Gasteiger partial charge in [-0.1, -0.05) is 13.3 Å². The number of nitrogens with one attached hydrogen (secondary N) is 2. The molecule has 1 aliphatic heterocycles. The predicted molar refractivity (Wildman–Crippen MR) is 134 cm³/mol. The first-order chi connectivity index (χ1) is 17.0. The Hall–Kier alpha value is -3.62. The van der Waals surface area contributed by atoms with Crippen molar-refractivity contribution in [1.82, 2.24) is 9.97 Å². The summed E-state index contributed by atoms with van der Waals surface area (Å²) in [6.07, 6.45) is 7.63. The molecule has 2 aliphatic rings. The maximum absolute atomic E-state index is 15.3. The standard InChI is InChI=1S/C26H30FN5O3/c1-3-15-6-4-5-7-20(15)35-26(33)32-21-11-16-10-17(22(27)23(28)19(16)13-30-21)18-12-31-25-24(14(18)2)29-8-9-34-25/h10-13,15,20,29H,3-9,28H2,1-2H3,(H,30,32,33)/t15-,20-/m0/s1. The topological polar surface area (TPSA) is 111 Å². The minimum Gasteiger partial charge on any atom is -0.474 e. The number of pyridine rings is 2. The summed E-state index contributed by atoms with van der Waals surface area (Å²) in [6, 6.07) is 3.38. The normalized spacial score (nSPS) is 19.4. The van der Waals surface area contributed by atoms with Crippen LogP contribution in [0.1, 0.15) is 44.6 Å². The van der Waals surface area contributed by atoms with Crippen molar-refractivity contribution in [3.63, 3.8) is 0 Å². The molecule has 0 unspecified atom stereocenters. The fraction of sp³-hybridized carbons (Fsp3) is 0.423. The van der Waals surface area contributed by atoms with Crippen LogP contribution < -0.4 is 21.1 Å². The second-order valence-electron chi connectivity index (χ2n) is 9.22. The quantitative estimate of drug-likeness (QED) is 0.415. The number of rotatable bonds is 4. The summed E-state index contributed by atoms with van der Waals surface area (Å²) in [6.45, 7) is 5.19. The molecule has 3 aromatic rings. The third kappa shape index (κ3) is 4.42. The van der Waals surface area contributed by atoms with Gasteiger partial charge in [0.1, 0.15) is 24.2 Å². The summed E-state index contributed by atoms with van der Waals surface area (Å²) in [7, 11) is 0. The molecule has 1 aliphatic carbocycles. The first-order valence-electron chi connectivity index (χ1n) is 12.2. The highest BCUT2D eigenvalue weighted by Gasteiger charge is 2.27. The number of ether oxygens (including phenoxy) is 2. The Labute approximate surface area is 203 Å². The molecule has 35 heavy (non-hydrogen) atoms. The van der Waals surface area contributed by atoms with Gasteiger partial charge in [-0.25, -0.2) is 19.2 Å². The van der Waals surface area contributed by atoms with Gasteiger partial charge >= 0.3 is 6.09 Å². The van der Waals surface area contributed by atoms with Crippen LogP contribution >= 0.6 is 0 Å². The molecular weight excluding hydrogens is 449 g/mol. The number of halogens is 1. The van der Waals surface area contributed by atoms with Gasteiger partial charge in [-0.2, -0.15) is 0 Å². The Bertz CT molecular complexity index is 1280. The molecular formula is C26H30FN5O3. The van der Waals surface area contributed by atoms with Crippen molar-refractivity contribution >= 4 is 34.1 Å². The summed E-state index contributed by atoms with van der Waals surface area (Å²) >= 11 is 0. The lowest BCUT2D eigenvalue weighted by Gasteiger charge is -2.30. The van der Waals surface area contributed by atoms with Crippen LogP contribution in [0.4, 0.5) is 26.4 Å². The largest absolute Gasteiger partial charge is 0.474 e. The van der Waals surface area contributed by atoms with Crippen LogP contribution in [0.5, 0.6) is 5.88 Å². The minimum atomic E-state index is -0.538. The first kappa shape index (κ1) is 23.1. The van der Waals surface area contributed by atoms with E-state index in [9.17, 15) is 4.79 Å². The van der Waals surface area contributed by atoms with Crippen LogP contribution in [-0.2, 0) is 4.74 Å². The number of aromatic nitrogens is 2. The van der Waals surface area contributed by atoms with Gasteiger partial charge in [-0.15, -0.1) is 0 Å². The number of hydrogen-bond acceptors (Lipinski definition) is 7. The smallest absolute Gasteiger partial charge is 0.413 e. The van der Waals surface area contributed by atoms with E-state index in [2.05, 4.69) is 27.5 Å². The summed E-state index contributed by atoms with van der Waals surface area (Å²) in [4.78, 5) is 21.2. The van der Waals surface area contributed by atoms with Gasteiger partial charge in [-0.05, 0) is 61.6 Å². The van der Waals surface area contributed by atoms with E-state index in [1.165, 1.54) is 12.6 Å². The van der Waals surface area contributed by atoms with E-state index in [1.807, 2.05) is 6.92 Å².